The molecule has 0 unspecified atom stereocenters. The minimum absolute atomic E-state index is 0.270. The smallest absolute Gasteiger partial charge is 0.123 e. The van der Waals surface area contributed by atoms with E-state index in [4.69, 9.17) is 16.6 Å². The topological polar surface area (TPSA) is 122 Å². The minimum Gasteiger partial charge on any atom is -0.402 e. The number of nitrogens with two attached hydrogens (primary N) is 1. The van der Waals surface area contributed by atoms with Gasteiger partial charge in [0.2, 0.25) is 0 Å². The van der Waals surface area contributed by atoms with E-state index in [1.54, 1.807) is 19.3 Å². The number of rotatable bonds is 6. The number of allylic oxidation sites excluding steroid dienone is 7. The molecule has 0 radical (unpaired) electrons. The Balaban J connectivity index is 1.71. The third kappa shape index (κ3) is 5.17. The highest BCUT2D eigenvalue weighted by Crippen LogP contribution is 2.29. The van der Waals surface area contributed by atoms with Gasteiger partial charge in [-0.15, -0.1) is 0 Å². The van der Waals surface area contributed by atoms with Crippen molar-refractivity contribution in [3.63, 3.8) is 0 Å². The Morgan fingerprint density at radius 3 is 2.67 bits per heavy atom. The second kappa shape index (κ2) is 9.91. The summed E-state index contributed by atoms with van der Waals surface area (Å²) in [7, 11) is 1.72. The second-order valence-corrected chi connectivity index (χ2v) is 7.73. The molecule has 7 N–H and O–H groups in total. The van der Waals surface area contributed by atoms with Crippen LogP contribution in [0.25, 0.3) is 0 Å². The van der Waals surface area contributed by atoms with E-state index in [0.29, 0.717) is 17.4 Å². The molecule has 0 spiro atoms. The molecule has 158 valence electrons. The average Bonchev–Trinajstić information content (AvgIpc) is 2.75. The van der Waals surface area contributed by atoms with E-state index in [1.807, 2.05) is 31.4 Å². The van der Waals surface area contributed by atoms with Crippen LogP contribution in [0.5, 0.6) is 0 Å². The molecule has 0 aromatic rings. The molecule has 7 nitrogen and oxygen atoms in total. The lowest BCUT2D eigenvalue weighted by Crippen LogP contribution is -2.35. The van der Waals surface area contributed by atoms with Crippen LogP contribution in [0.15, 0.2) is 75.1 Å². The molecule has 0 bridgehead atoms. The summed E-state index contributed by atoms with van der Waals surface area (Å²) in [6.07, 6.45) is 18.6. The van der Waals surface area contributed by atoms with Crippen molar-refractivity contribution in [3.05, 3.63) is 70.1 Å². The summed E-state index contributed by atoms with van der Waals surface area (Å²) >= 11 is 0. The van der Waals surface area contributed by atoms with Gasteiger partial charge in [-0.3, -0.25) is 10.4 Å². The van der Waals surface area contributed by atoms with Gasteiger partial charge in [-0.05, 0) is 55.6 Å². The van der Waals surface area contributed by atoms with Gasteiger partial charge in [0.25, 0.3) is 0 Å². The molecule has 0 amide bonds. The van der Waals surface area contributed by atoms with Crippen molar-refractivity contribution in [1.82, 2.24) is 16.0 Å². The van der Waals surface area contributed by atoms with E-state index in [9.17, 15) is 0 Å². The molecule has 3 aliphatic rings. The predicted octanol–water partition coefficient (Wildman–Crippen LogP) is 3.34. The SMILES string of the molecule is CN=CC(C1=CNC2=CC=C(NC(=N)C=C(C=N)C3CCCCC3)NC2=C1)=C(C)N. The van der Waals surface area contributed by atoms with Crippen molar-refractivity contribution in [2.75, 3.05) is 7.05 Å². The maximum absolute atomic E-state index is 8.35. The lowest BCUT2D eigenvalue weighted by Gasteiger charge is -2.26. The Labute approximate surface area is 178 Å². The van der Waals surface area contributed by atoms with Crippen LogP contribution in [0, 0.1) is 16.7 Å². The maximum atomic E-state index is 8.35. The molecule has 2 aliphatic heterocycles. The molecule has 2 heterocycles. The first-order chi connectivity index (χ1) is 14.5. The van der Waals surface area contributed by atoms with Crippen LogP contribution >= 0.6 is 0 Å². The fraction of sp³-hybridized carbons (Fsp3) is 0.348. The Hall–Kier alpha value is -3.35. The molecule has 0 aromatic heterocycles. The standard InChI is InChI=1S/C23H31N7/c1-15(25)19(14-27-2)18-10-21-20(28-13-18)8-9-23(29-21)30-22(26)11-17(12-24)16-6-4-3-5-7-16/h8-14,16,24,28-29H,3-7,25H2,1-2H3,(H2,26,30). The molecule has 1 aliphatic carbocycles. The first kappa shape index (κ1) is 21.4. The van der Waals surface area contributed by atoms with Gasteiger partial charge in [0.1, 0.15) is 11.7 Å². The average molecular weight is 406 g/mol. The molecule has 1 fully saturated rings. The summed E-state index contributed by atoms with van der Waals surface area (Å²) in [5.74, 6) is 1.37. The molecular weight excluding hydrogens is 374 g/mol. The lowest BCUT2D eigenvalue weighted by molar-refractivity contribution is 0.412. The fourth-order valence-corrected chi connectivity index (χ4v) is 3.93. The highest BCUT2D eigenvalue weighted by atomic mass is 15.1. The number of hydrogen-bond acceptors (Lipinski definition) is 6. The highest BCUT2D eigenvalue weighted by molar-refractivity contribution is 5.97. The third-order valence-electron chi connectivity index (χ3n) is 5.48. The van der Waals surface area contributed by atoms with Gasteiger partial charge in [-0.25, -0.2) is 0 Å². The highest BCUT2D eigenvalue weighted by Gasteiger charge is 2.19. The van der Waals surface area contributed by atoms with Crippen molar-refractivity contribution in [2.45, 2.75) is 39.0 Å². The van der Waals surface area contributed by atoms with E-state index in [-0.39, 0.29) is 5.84 Å². The summed E-state index contributed by atoms with van der Waals surface area (Å²) in [6, 6.07) is 0. The maximum Gasteiger partial charge on any atom is 0.123 e. The third-order valence-corrected chi connectivity index (χ3v) is 5.48. The van der Waals surface area contributed by atoms with Crippen molar-refractivity contribution in [3.8, 4) is 0 Å². The number of nitrogens with one attached hydrogen (secondary N) is 5. The molecule has 0 atom stereocenters. The monoisotopic (exact) mass is 405 g/mol. The van der Waals surface area contributed by atoms with Gasteiger partial charge in [0, 0.05) is 42.5 Å². The van der Waals surface area contributed by atoms with Gasteiger partial charge in [-0.2, -0.15) is 0 Å². The first-order valence-electron chi connectivity index (χ1n) is 10.4. The number of hydrogen-bond donors (Lipinski definition) is 6. The van der Waals surface area contributed by atoms with Crippen LogP contribution in [0.1, 0.15) is 39.0 Å². The molecule has 3 rings (SSSR count). The van der Waals surface area contributed by atoms with Gasteiger partial charge >= 0.3 is 0 Å². The summed E-state index contributed by atoms with van der Waals surface area (Å²) in [6.45, 7) is 1.85. The van der Waals surface area contributed by atoms with E-state index in [0.717, 1.165) is 41.0 Å². The molecular formula is C23H31N7. The van der Waals surface area contributed by atoms with Gasteiger partial charge in [0.15, 0.2) is 0 Å². The zero-order chi connectivity index (χ0) is 21.5. The molecule has 7 heteroatoms. The number of fused-ring (bicyclic) bond motifs is 1. The lowest BCUT2D eigenvalue weighted by atomic mass is 9.84. The summed E-state index contributed by atoms with van der Waals surface area (Å²) < 4.78 is 0. The van der Waals surface area contributed by atoms with Crippen LogP contribution in [0.3, 0.4) is 0 Å². The normalized spacial score (nSPS) is 20.5. The second-order valence-electron chi connectivity index (χ2n) is 7.73. The van der Waals surface area contributed by atoms with Gasteiger partial charge in [0.05, 0.1) is 11.4 Å². The van der Waals surface area contributed by atoms with Crippen LogP contribution in [-0.4, -0.2) is 25.3 Å². The Morgan fingerprint density at radius 2 is 2.00 bits per heavy atom. The van der Waals surface area contributed by atoms with Crippen LogP contribution < -0.4 is 21.7 Å². The Bertz CT molecular complexity index is 915. The largest absolute Gasteiger partial charge is 0.402 e. The zero-order valence-corrected chi connectivity index (χ0v) is 17.7. The number of aliphatic imine (C=N–C) groups is 1. The molecule has 0 saturated heterocycles. The van der Waals surface area contributed by atoms with Crippen molar-refractivity contribution in [1.29, 1.82) is 10.8 Å². The zero-order valence-electron chi connectivity index (χ0n) is 17.7. The van der Waals surface area contributed by atoms with Crippen LogP contribution in [0.2, 0.25) is 0 Å². The number of dihydropyridines is 2. The summed E-state index contributed by atoms with van der Waals surface area (Å²) in [5.41, 5.74) is 11.3. The minimum atomic E-state index is 0.270. The Morgan fingerprint density at radius 1 is 1.23 bits per heavy atom. The number of nitrogens with zero attached hydrogens (tertiary/aromatic N) is 1. The van der Waals surface area contributed by atoms with E-state index in [2.05, 4.69) is 20.9 Å². The quantitative estimate of drug-likeness (QED) is 0.300. The molecule has 30 heavy (non-hydrogen) atoms. The summed E-state index contributed by atoms with van der Waals surface area (Å²) in [4.78, 5) is 4.09. The van der Waals surface area contributed by atoms with E-state index >= 15 is 0 Å². The van der Waals surface area contributed by atoms with Crippen molar-refractivity contribution < 1.29 is 0 Å². The van der Waals surface area contributed by atoms with Gasteiger partial charge in [-0.1, -0.05) is 19.3 Å². The van der Waals surface area contributed by atoms with Crippen LogP contribution in [-0.2, 0) is 0 Å². The van der Waals surface area contributed by atoms with Gasteiger partial charge < -0.3 is 27.1 Å². The Kier molecular flexibility index (Phi) is 7.06. The predicted molar refractivity (Wildman–Crippen MR) is 124 cm³/mol. The van der Waals surface area contributed by atoms with Crippen molar-refractivity contribution >= 4 is 18.3 Å². The van der Waals surface area contributed by atoms with E-state index in [1.165, 1.54) is 25.5 Å². The first-order valence-corrected chi connectivity index (χ1v) is 10.4. The molecule has 1 saturated carbocycles. The number of amidine groups is 1. The van der Waals surface area contributed by atoms with Crippen molar-refractivity contribution in [2.24, 2.45) is 16.6 Å². The molecule has 0 aromatic carbocycles. The fourth-order valence-electron chi connectivity index (χ4n) is 3.93. The van der Waals surface area contributed by atoms with Crippen LogP contribution in [0.4, 0.5) is 0 Å². The van der Waals surface area contributed by atoms with E-state index < -0.39 is 0 Å². The summed E-state index contributed by atoms with van der Waals surface area (Å²) in [5, 5.41) is 25.8.